The van der Waals surface area contributed by atoms with Crippen molar-refractivity contribution in [1.82, 2.24) is 10.6 Å². The first-order valence-electron chi connectivity index (χ1n) is 11.4. The van der Waals surface area contributed by atoms with Crippen LogP contribution in [-0.2, 0) is 9.59 Å². The number of hydrogen-bond acceptors (Lipinski definition) is 4. The molecule has 4 aliphatic rings. The van der Waals surface area contributed by atoms with Gasteiger partial charge in [0, 0.05) is 24.2 Å². The molecule has 1 aromatic carbocycles. The van der Waals surface area contributed by atoms with Crippen molar-refractivity contribution >= 4 is 29.6 Å². The molecule has 192 valence electrons. The van der Waals surface area contributed by atoms with E-state index in [0.29, 0.717) is 12.8 Å². The number of rotatable bonds is 6. The second-order valence-corrected chi connectivity index (χ2v) is 9.96. The second kappa shape index (κ2) is 9.55. The number of halogens is 6. The predicted molar refractivity (Wildman–Crippen MR) is 118 cm³/mol. The van der Waals surface area contributed by atoms with Crippen molar-refractivity contribution in [3.8, 4) is 5.75 Å². The molecule has 1 aromatic rings. The fourth-order valence-corrected chi connectivity index (χ4v) is 5.25. The van der Waals surface area contributed by atoms with Crippen LogP contribution in [0.15, 0.2) is 23.2 Å². The van der Waals surface area contributed by atoms with E-state index in [2.05, 4.69) is 15.6 Å². The highest BCUT2D eigenvalue weighted by atomic mass is 35.5. The summed E-state index contributed by atoms with van der Waals surface area (Å²) in [5.74, 6) is -2.40. The lowest BCUT2D eigenvalue weighted by Gasteiger charge is -2.55. The largest absolute Gasteiger partial charge is 0.484 e. The first-order valence-corrected chi connectivity index (χ1v) is 11.7. The van der Waals surface area contributed by atoms with Crippen molar-refractivity contribution in [1.29, 1.82) is 0 Å². The smallest absolute Gasteiger partial charge is 0.410 e. The molecule has 1 aliphatic heterocycles. The predicted octanol–water partition coefficient (Wildman–Crippen LogP) is 4.30. The van der Waals surface area contributed by atoms with Gasteiger partial charge in [-0.15, -0.1) is 0 Å². The van der Waals surface area contributed by atoms with Gasteiger partial charge in [0.2, 0.25) is 5.91 Å². The number of aliphatic imine (C=N–C) groups is 1. The molecular formula is C23H25ClF5N3O3. The van der Waals surface area contributed by atoms with Crippen LogP contribution >= 0.6 is 11.6 Å². The Kier molecular flexibility index (Phi) is 7.00. The molecule has 5 rings (SSSR count). The molecule has 1 heterocycles. The number of ether oxygens (including phenoxy) is 1. The minimum absolute atomic E-state index is 0.00986. The summed E-state index contributed by atoms with van der Waals surface area (Å²) in [6.07, 6.45) is -3.78. The molecule has 35 heavy (non-hydrogen) atoms. The van der Waals surface area contributed by atoms with Crippen molar-refractivity contribution in [3.63, 3.8) is 0 Å². The standard InChI is InChI=1S/C23H25ClF5N3O3/c24-15-3-2-14(9-16(15)25)35-12-19(33)31-21-5-7-22(8-6-21,17(26)10-21)32-20(34)13-1-4-18(30-11-13)23(27,28)29/h2-3,9,11,13,17-18H,1,4-8,10,12H2,(H,31,33)(H,32,34). The van der Waals surface area contributed by atoms with Gasteiger partial charge in [0.25, 0.3) is 5.91 Å². The summed E-state index contributed by atoms with van der Waals surface area (Å²) in [6, 6.07) is 1.98. The molecule has 12 heteroatoms. The average molecular weight is 522 g/mol. The molecule has 2 amide bonds. The molecule has 0 spiro atoms. The molecule has 3 atom stereocenters. The van der Waals surface area contributed by atoms with Gasteiger partial charge in [0.05, 0.1) is 16.5 Å². The monoisotopic (exact) mass is 521 g/mol. The van der Waals surface area contributed by atoms with E-state index in [1.54, 1.807) is 0 Å². The molecule has 2 N–H and O–H groups in total. The van der Waals surface area contributed by atoms with Crippen LogP contribution in [-0.4, -0.2) is 54.1 Å². The maximum absolute atomic E-state index is 15.3. The maximum Gasteiger partial charge on any atom is 0.410 e. The topological polar surface area (TPSA) is 79.8 Å². The number of carbonyl (C=O) groups is 2. The molecule has 3 unspecified atom stereocenters. The molecule has 0 aromatic heterocycles. The van der Waals surface area contributed by atoms with Crippen LogP contribution in [0.25, 0.3) is 0 Å². The Bertz CT molecular complexity index is 1010. The Labute approximate surface area is 203 Å². The number of nitrogens with zero attached hydrogens (tertiary/aromatic N) is 1. The lowest BCUT2D eigenvalue weighted by molar-refractivity contribution is -0.150. The summed E-state index contributed by atoms with van der Waals surface area (Å²) in [5.41, 5.74) is -1.90. The number of alkyl halides is 4. The van der Waals surface area contributed by atoms with Crippen LogP contribution in [0.3, 0.4) is 0 Å². The SMILES string of the molecule is O=C(COc1ccc(Cl)c(F)c1)NC12CCC(NC(=O)C3C=NC(C(F)(F)F)CC3)(CC1)C(F)C2. The maximum atomic E-state index is 15.3. The van der Waals surface area contributed by atoms with Gasteiger partial charge >= 0.3 is 6.18 Å². The summed E-state index contributed by atoms with van der Waals surface area (Å²) < 4.78 is 72.4. The Morgan fingerprint density at radius 1 is 1.14 bits per heavy atom. The Morgan fingerprint density at radius 3 is 2.43 bits per heavy atom. The van der Waals surface area contributed by atoms with E-state index >= 15 is 4.39 Å². The van der Waals surface area contributed by atoms with Crippen molar-refractivity contribution in [2.75, 3.05) is 6.61 Å². The van der Waals surface area contributed by atoms with Gasteiger partial charge in [-0.3, -0.25) is 14.6 Å². The Morgan fingerprint density at radius 2 is 1.86 bits per heavy atom. The van der Waals surface area contributed by atoms with E-state index < -0.39 is 53.0 Å². The highest BCUT2D eigenvalue weighted by molar-refractivity contribution is 6.30. The highest BCUT2D eigenvalue weighted by Gasteiger charge is 2.56. The molecule has 2 bridgehead atoms. The third-order valence-corrected chi connectivity index (χ3v) is 7.52. The molecule has 3 saturated carbocycles. The molecule has 0 saturated heterocycles. The average Bonchev–Trinajstić information content (AvgIpc) is 2.80. The molecule has 6 nitrogen and oxygen atoms in total. The summed E-state index contributed by atoms with van der Waals surface area (Å²) in [6.45, 7) is -0.387. The zero-order valence-corrected chi connectivity index (χ0v) is 19.4. The van der Waals surface area contributed by atoms with Gasteiger partial charge in [0.1, 0.15) is 23.8 Å². The first-order chi connectivity index (χ1) is 16.4. The fraction of sp³-hybridized carbons (Fsp3) is 0.609. The summed E-state index contributed by atoms with van der Waals surface area (Å²) in [7, 11) is 0. The summed E-state index contributed by atoms with van der Waals surface area (Å²) in [4.78, 5) is 28.6. The van der Waals surface area contributed by atoms with Gasteiger partial charge in [-0.1, -0.05) is 11.6 Å². The van der Waals surface area contributed by atoms with Gasteiger partial charge in [-0.2, -0.15) is 13.2 Å². The lowest BCUT2D eigenvalue weighted by atomic mass is 9.60. The highest BCUT2D eigenvalue weighted by Crippen LogP contribution is 2.48. The van der Waals surface area contributed by atoms with Crippen molar-refractivity contribution in [2.45, 2.75) is 74.4 Å². The van der Waals surface area contributed by atoms with Crippen LogP contribution in [0.5, 0.6) is 5.75 Å². The number of benzene rings is 1. The number of hydrogen-bond donors (Lipinski definition) is 2. The number of amides is 2. The number of nitrogens with one attached hydrogen (secondary N) is 2. The van der Waals surface area contributed by atoms with Crippen molar-refractivity contribution in [3.05, 3.63) is 29.0 Å². The van der Waals surface area contributed by atoms with E-state index in [4.69, 9.17) is 16.3 Å². The minimum atomic E-state index is -4.45. The normalized spacial score (nSPS) is 32.2. The van der Waals surface area contributed by atoms with E-state index in [1.807, 2.05) is 0 Å². The van der Waals surface area contributed by atoms with E-state index in [0.717, 1.165) is 12.3 Å². The van der Waals surface area contributed by atoms with Crippen LogP contribution in [0.4, 0.5) is 22.0 Å². The van der Waals surface area contributed by atoms with Gasteiger partial charge < -0.3 is 15.4 Å². The fourth-order valence-electron chi connectivity index (χ4n) is 5.14. The number of carbonyl (C=O) groups excluding carboxylic acids is 2. The third kappa shape index (κ3) is 5.54. The minimum Gasteiger partial charge on any atom is -0.484 e. The van der Waals surface area contributed by atoms with Crippen LogP contribution in [0.2, 0.25) is 5.02 Å². The molecular weight excluding hydrogens is 497 g/mol. The molecule has 3 fully saturated rings. The zero-order chi connectivity index (χ0) is 25.4. The van der Waals surface area contributed by atoms with E-state index in [-0.39, 0.29) is 49.5 Å². The van der Waals surface area contributed by atoms with Crippen molar-refractivity contribution < 1.29 is 36.3 Å². The molecule has 3 aliphatic carbocycles. The third-order valence-electron chi connectivity index (χ3n) is 7.22. The van der Waals surface area contributed by atoms with Crippen molar-refractivity contribution in [2.24, 2.45) is 10.9 Å². The number of fused-ring (bicyclic) bond motifs is 3. The Balaban J connectivity index is 1.30. The lowest BCUT2D eigenvalue weighted by Crippen LogP contribution is -2.69. The quantitative estimate of drug-likeness (QED) is 0.548. The molecule has 0 radical (unpaired) electrons. The Hall–Kier alpha value is -2.43. The van der Waals surface area contributed by atoms with E-state index in [1.165, 1.54) is 12.1 Å². The zero-order valence-electron chi connectivity index (χ0n) is 18.6. The van der Waals surface area contributed by atoms with Gasteiger partial charge in [-0.05, 0) is 50.7 Å². The van der Waals surface area contributed by atoms with Crippen LogP contribution < -0.4 is 15.4 Å². The second-order valence-electron chi connectivity index (χ2n) is 9.55. The first kappa shape index (κ1) is 25.7. The van der Waals surface area contributed by atoms with Crippen LogP contribution in [0, 0.1) is 11.7 Å². The summed E-state index contributed by atoms with van der Waals surface area (Å²) in [5, 5.41) is 5.51. The van der Waals surface area contributed by atoms with Gasteiger partial charge in [0.15, 0.2) is 6.61 Å². The van der Waals surface area contributed by atoms with Gasteiger partial charge in [-0.25, -0.2) is 8.78 Å². The summed E-state index contributed by atoms with van der Waals surface area (Å²) >= 11 is 5.62. The van der Waals surface area contributed by atoms with E-state index in [9.17, 15) is 27.2 Å². The van der Waals surface area contributed by atoms with Crippen LogP contribution in [0.1, 0.15) is 44.9 Å².